The molecule has 0 aromatic heterocycles. The van der Waals surface area contributed by atoms with E-state index in [1.165, 1.54) is 11.1 Å². The van der Waals surface area contributed by atoms with Crippen molar-refractivity contribution in [2.45, 2.75) is 39.2 Å². The van der Waals surface area contributed by atoms with Gasteiger partial charge in [-0.05, 0) is 43.0 Å². The molecule has 1 fully saturated rings. The molecule has 2 nitrogen and oxygen atoms in total. The summed E-state index contributed by atoms with van der Waals surface area (Å²) in [6.45, 7) is 7.72. The van der Waals surface area contributed by atoms with Crippen molar-refractivity contribution in [3.05, 3.63) is 35.4 Å². The molecule has 0 amide bonds. The summed E-state index contributed by atoms with van der Waals surface area (Å²) in [5, 5.41) is 0. The van der Waals surface area contributed by atoms with Crippen LogP contribution in [0.3, 0.4) is 0 Å². The molecular weight excluding hydrogens is 252 g/mol. The summed E-state index contributed by atoms with van der Waals surface area (Å²) in [4.78, 5) is 3.19. The Kier molecular flexibility index (Phi) is 4.94. The average molecular weight is 276 g/mol. The molecule has 3 heteroatoms. The van der Waals surface area contributed by atoms with Crippen LogP contribution in [0, 0.1) is 5.92 Å². The quantitative estimate of drug-likeness (QED) is 0.856. The first-order chi connectivity index (χ1) is 9.06. The van der Waals surface area contributed by atoms with E-state index in [-0.39, 0.29) is 0 Å². The number of benzene rings is 1. The van der Waals surface area contributed by atoms with Crippen LogP contribution in [-0.4, -0.2) is 23.0 Å². The van der Waals surface area contributed by atoms with Gasteiger partial charge in [0.25, 0.3) is 0 Å². The molecular formula is C16H24N2S. The summed E-state index contributed by atoms with van der Waals surface area (Å²) in [5.41, 5.74) is 8.54. The van der Waals surface area contributed by atoms with Gasteiger partial charge in [0.15, 0.2) is 0 Å². The third-order valence-electron chi connectivity index (χ3n) is 4.04. The highest BCUT2D eigenvalue weighted by Gasteiger charge is 2.20. The third-order valence-corrected chi connectivity index (χ3v) is 4.38. The number of rotatable bonds is 4. The van der Waals surface area contributed by atoms with Gasteiger partial charge in [0, 0.05) is 12.5 Å². The number of nitrogens with zero attached hydrogens (tertiary/aromatic N) is 1. The number of hydrogen-bond acceptors (Lipinski definition) is 2. The van der Waals surface area contributed by atoms with Crippen LogP contribution in [-0.2, 0) is 6.54 Å². The van der Waals surface area contributed by atoms with Gasteiger partial charge >= 0.3 is 0 Å². The van der Waals surface area contributed by atoms with Crippen molar-refractivity contribution < 1.29 is 0 Å². The van der Waals surface area contributed by atoms with Crippen LogP contribution >= 0.6 is 12.2 Å². The number of hydrogen-bond donors (Lipinski definition) is 1. The topological polar surface area (TPSA) is 29.3 Å². The standard InChI is InChI=1S/C16H24N2S/c1-12(2)14-5-3-13(4-6-14)11-18-9-7-15(8-10-18)16(17)19/h3-6,12,15H,7-11H2,1-2H3,(H2,17,19). The predicted octanol–water partition coefficient (Wildman–Crippen LogP) is 3.31. The second kappa shape index (κ2) is 6.49. The normalized spacial score (nSPS) is 17.8. The van der Waals surface area contributed by atoms with E-state index < -0.39 is 0 Å². The molecule has 2 N–H and O–H groups in total. The SMILES string of the molecule is CC(C)c1ccc(CN2CCC(C(N)=S)CC2)cc1. The molecule has 0 spiro atoms. The van der Waals surface area contributed by atoms with Crippen LogP contribution in [0.2, 0.25) is 0 Å². The minimum atomic E-state index is 0.453. The second-order valence-corrected chi connectivity index (χ2v) is 6.32. The fourth-order valence-electron chi connectivity index (χ4n) is 2.64. The molecule has 0 atom stereocenters. The fraction of sp³-hybridized carbons (Fsp3) is 0.562. The van der Waals surface area contributed by atoms with Gasteiger partial charge in [-0.15, -0.1) is 0 Å². The van der Waals surface area contributed by atoms with E-state index in [9.17, 15) is 0 Å². The lowest BCUT2D eigenvalue weighted by Crippen LogP contribution is -2.37. The zero-order chi connectivity index (χ0) is 13.8. The van der Waals surface area contributed by atoms with Gasteiger partial charge in [0.2, 0.25) is 0 Å². The Morgan fingerprint density at radius 2 is 1.84 bits per heavy atom. The van der Waals surface area contributed by atoms with Gasteiger partial charge in [-0.1, -0.05) is 50.3 Å². The van der Waals surface area contributed by atoms with Crippen LogP contribution in [0.4, 0.5) is 0 Å². The number of likely N-dealkylation sites (tertiary alicyclic amines) is 1. The van der Waals surface area contributed by atoms with Crippen molar-refractivity contribution in [1.29, 1.82) is 0 Å². The van der Waals surface area contributed by atoms with Gasteiger partial charge in [0.05, 0.1) is 4.99 Å². The summed E-state index contributed by atoms with van der Waals surface area (Å²) in [6, 6.07) is 9.02. The van der Waals surface area contributed by atoms with Crippen LogP contribution in [0.25, 0.3) is 0 Å². The van der Waals surface area contributed by atoms with Crippen LogP contribution in [0.5, 0.6) is 0 Å². The molecule has 0 unspecified atom stereocenters. The molecule has 1 saturated heterocycles. The highest BCUT2D eigenvalue weighted by molar-refractivity contribution is 7.80. The maximum Gasteiger partial charge on any atom is 0.0759 e. The maximum absolute atomic E-state index is 5.72. The Morgan fingerprint density at radius 3 is 2.32 bits per heavy atom. The lowest BCUT2D eigenvalue weighted by Gasteiger charge is -2.31. The summed E-state index contributed by atoms with van der Waals surface area (Å²) in [7, 11) is 0. The zero-order valence-electron chi connectivity index (χ0n) is 11.9. The summed E-state index contributed by atoms with van der Waals surface area (Å²) >= 11 is 5.08. The van der Waals surface area contributed by atoms with E-state index in [2.05, 4.69) is 43.0 Å². The highest BCUT2D eigenvalue weighted by atomic mass is 32.1. The van der Waals surface area contributed by atoms with E-state index in [0.29, 0.717) is 16.8 Å². The van der Waals surface area contributed by atoms with Crippen molar-refractivity contribution in [2.75, 3.05) is 13.1 Å². The smallest absolute Gasteiger partial charge is 0.0759 e. The van der Waals surface area contributed by atoms with E-state index in [1.807, 2.05) is 0 Å². The van der Waals surface area contributed by atoms with Gasteiger partial charge in [-0.3, -0.25) is 4.90 Å². The lowest BCUT2D eigenvalue weighted by molar-refractivity contribution is 0.202. The van der Waals surface area contributed by atoms with E-state index >= 15 is 0 Å². The van der Waals surface area contributed by atoms with Crippen LogP contribution in [0.15, 0.2) is 24.3 Å². The molecule has 1 heterocycles. The van der Waals surface area contributed by atoms with E-state index in [1.54, 1.807) is 0 Å². The van der Waals surface area contributed by atoms with Gasteiger partial charge in [-0.25, -0.2) is 0 Å². The zero-order valence-corrected chi connectivity index (χ0v) is 12.7. The molecule has 0 bridgehead atoms. The fourth-order valence-corrected chi connectivity index (χ4v) is 2.88. The minimum absolute atomic E-state index is 0.453. The molecule has 1 aliphatic rings. The Morgan fingerprint density at radius 1 is 1.26 bits per heavy atom. The van der Waals surface area contributed by atoms with Gasteiger partial charge in [-0.2, -0.15) is 0 Å². The Hall–Kier alpha value is -0.930. The minimum Gasteiger partial charge on any atom is -0.393 e. The molecule has 1 aromatic carbocycles. The first-order valence-corrected chi connectivity index (χ1v) is 7.57. The monoisotopic (exact) mass is 276 g/mol. The largest absolute Gasteiger partial charge is 0.393 e. The molecule has 104 valence electrons. The second-order valence-electron chi connectivity index (χ2n) is 5.85. The lowest BCUT2D eigenvalue weighted by atomic mass is 9.96. The summed E-state index contributed by atoms with van der Waals surface area (Å²) in [6.07, 6.45) is 2.22. The van der Waals surface area contributed by atoms with E-state index in [0.717, 1.165) is 32.5 Å². The molecule has 19 heavy (non-hydrogen) atoms. The van der Waals surface area contributed by atoms with E-state index in [4.69, 9.17) is 18.0 Å². The molecule has 1 aromatic rings. The molecule has 0 saturated carbocycles. The van der Waals surface area contributed by atoms with Crippen molar-refractivity contribution in [3.8, 4) is 0 Å². The number of nitrogens with two attached hydrogens (primary N) is 1. The summed E-state index contributed by atoms with van der Waals surface area (Å²) in [5.74, 6) is 1.06. The molecule has 2 rings (SSSR count). The molecule has 0 aliphatic carbocycles. The number of thiocarbonyl (C=S) groups is 1. The Balaban J connectivity index is 1.87. The van der Waals surface area contributed by atoms with Gasteiger partial charge < -0.3 is 5.73 Å². The van der Waals surface area contributed by atoms with Gasteiger partial charge in [0.1, 0.15) is 0 Å². The average Bonchev–Trinajstić information content (AvgIpc) is 2.40. The Labute approximate surface area is 122 Å². The molecule has 1 aliphatic heterocycles. The summed E-state index contributed by atoms with van der Waals surface area (Å²) < 4.78 is 0. The first-order valence-electron chi connectivity index (χ1n) is 7.16. The molecule has 0 radical (unpaired) electrons. The maximum atomic E-state index is 5.72. The van der Waals surface area contributed by atoms with Crippen LogP contribution in [0.1, 0.15) is 43.7 Å². The van der Waals surface area contributed by atoms with Crippen molar-refractivity contribution >= 4 is 17.2 Å². The Bertz CT molecular complexity index is 417. The van der Waals surface area contributed by atoms with Crippen molar-refractivity contribution in [1.82, 2.24) is 4.90 Å². The number of piperidine rings is 1. The third kappa shape index (κ3) is 4.02. The first kappa shape index (κ1) is 14.5. The van der Waals surface area contributed by atoms with Crippen molar-refractivity contribution in [3.63, 3.8) is 0 Å². The van der Waals surface area contributed by atoms with Crippen molar-refractivity contribution in [2.24, 2.45) is 11.7 Å². The van der Waals surface area contributed by atoms with Crippen LogP contribution < -0.4 is 5.73 Å². The predicted molar refractivity (Wildman–Crippen MR) is 85.3 cm³/mol. The highest BCUT2D eigenvalue weighted by Crippen LogP contribution is 2.20.